The molecular weight excluding hydrogens is 228 g/mol. The quantitative estimate of drug-likeness (QED) is 0.900. The van der Waals surface area contributed by atoms with Crippen molar-refractivity contribution in [2.24, 2.45) is 0 Å². The van der Waals surface area contributed by atoms with Gasteiger partial charge in [-0.3, -0.25) is 0 Å². The second-order valence-electron chi connectivity index (χ2n) is 4.90. The van der Waals surface area contributed by atoms with Crippen LogP contribution in [0.2, 0.25) is 0 Å². The van der Waals surface area contributed by atoms with Gasteiger partial charge in [-0.05, 0) is 32.3 Å². The fraction of sp³-hybridized carbons (Fsp3) is 0.538. The van der Waals surface area contributed by atoms with Gasteiger partial charge in [0.15, 0.2) is 5.82 Å². The lowest BCUT2D eigenvalue weighted by molar-refractivity contribution is 0.108. The number of nitrogens with one attached hydrogen (secondary N) is 1. The third-order valence-corrected chi connectivity index (χ3v) is 3.57. The molecule has 1 saturated carbocycles. The van der Waals surface area contributed by atoms with Crippen LogP contribution in [0.15, 0.2) is 18.5 Å². The van der Waals surface area contributed by atoms with E-state index in [1.165, 1.54) is 0 Å². The molecule has 5 heteroatoms. The van der Waals surface area contributed by atoms with Gasteiger partial charge in [-0.1, -0.05) is 0 Å². The molecular formula is C13H18N4O. The van der Waals surface area contributed by atoms with Crippen molar-refractivity contribution in [3.8, 4) is 0 Å². The van der Waals surface area contributed by atoms with Crippen molar-refractivity contribution in [3.05, 3.63) is 24.2 Å². The predicted molar refractivity (Wildman–Crippen MR) is 69.8 cm³/mol. The molecule has 2 unspecified atom stereocenters. The molecule has 0 aromatic carbocycles. The summed E-state index contributed by atoms with van der Waals surface area (Å²) < 4.78 is 7.26. The zero-order chi connectivity index (χ0) is 12.5. The highest BCUT2D eigenvalue weighted by Crippen LogP contribution is 2.25. The van der Waals surface area contributed by atoms with E-state index < -0.39 is 0 Å². The van der Waals surface area contributed by atoms with Crippen LogP contribution in [0.4, 0.5) is 5.82 Å². The number of anilines is 1. The molecule has 0 amide bonds. The summed E-state index contributed by atoms with van der Waals surface area (Å²) in [5, 5.41) is 7.90. The van der Waals surface area contributed by atoms with E-state index in [9.17, 15) is 0 Å². The molecule has 2 aromatic rings. The molecule has 0 radical (unpaired) electrons. The van der Waals surface area contributed by atoms with Crippen LogP contribution in [0.25, 0.3) is 5.52 Å². The topological polar surface area (TPSA) is 51.5 Å². The molecule has 18 heavy (non-hydrogen) atoms. The summed E-state index contributed by atoms with van der Waals surface area (Å²) in [4.78, 5) is 4.42. The number of ether oxygens (including phenoxy) is 1. The SMILES string of the molecule is COC1CCC(Nc2nccn3nc(C)cc23)C1. The standard InChI is InChI=1S/C13H18N4O/c1-9-7-12-13(14-5-6-17(12)16-9)15-10-3-4-11(8-10)18-2/h5-7,10-11H,3-4,8H2,1-2H3,(H,14,15). The van der Waals surface area contributed by atoms with Crippen LogP contribution in [0, 0.1) is 6.92 Å². The van der Waals surface area contributed by atoms with Crippen molar-refractivity contribution in [2.45, 2.75) is 38.3 Å². The van der Waals surface area contributed by atoms with Crippen LogP contribution in [0.5, 0.6) is 0 Å². The molecule has 5 nitrogen and oxygen atoms in total. The molecule has 0 spiro atoms. The second-order valence-corrected chi connectivity index (χ2v) is 4.90. The van der Waals surface area contributed by atoms with Gasteiger partial charge >= 0.3 is 0 Å². The Hall–Kier alpha value is -1.62. The summed E-state index contributed by atoms with van der Waals surface area (Å²) in [6, 6.07) is 2.50. The molecule has 1 aliphatic carbocycles. The Morgan fingerprint density at radius 1 is 1.44 bits per heavy atom. The molecule has 1 aliphatic rings. The lowest BCUT2D eigenvalue weighted by Gasteiger charge is -2.14. The van der Waals surface area contributed by atoms with E-state index in [0.29, 0.717) is 12.1 Å². The average Bonchev–Trinajstić information content (AvgIpc) is 2.95. The zero-order valence-corrected chi connectivity index (χ0v) is 10.8. The maximum absolute atomic E-state index is 5.39. The summed E-state index contributed by atoms with van der Waals surface area (Å²) in [6.45, 7) is 1.99. The van der Waals surface area contributed by atoms with E-state index in [1.54, 1.807) is 13.3 Å². The highest BCUT2D eigenvalue weighted by molar-refractivity contribution is 5.68. The Morgan fingerprint density at radius 2 is 2.33 bits per heavy atom. The van der Waals surface area contributed by atoms with Gasteiger partial charge in [0.1, 0.15) is 5.52 Å². The lowest BCUT2D eigenvalue weighted by Crippen LogP contribution is -2.18. The first-order valence-electron chi connectivity index (χ1n) is 6.36. The zero-order valence-electron chi connectivity index (χ0n) is 10.8. The van der Waals surface area contributed by atoms with Gasteiger partial charge < -0.3 is 10.1 Å². The van der Waals surface area contributed by atoms with Crippen molar-refractivity contribution < 1.29 is 4.74 Å². The summed E-state index contributed by atoms with van der Waals surface area (Å²) in [7, 11) is 1.78. The lowest BCUT2D eigenvalue weighted by atomic mass is 10.2. The minimum atomic E-state index is 0.383. The summed E-state index contributed by atoms with van der Waals surface area (Å²) in [5.41, 5.74) is 2.04. The first-order chi connectivity index (χ1) is 8.76. The number of fused-ring (bicyclic) bond motifs is 1. The van der Waals surface area contributed by atoms with Crippen LogP contribution in [-0.2, 0) is 4.74 Å². The highest BCUT2D eigenvalue weighted by Gasteiger charge is 2.25. The third kappa shape index (κ3) is 2.06. The van der Waals surface area contributed by atoms with Gasteiger partial charge in [0.25, 0.3) is 0 Å². The Balaban J connectivity index is 1.82. The molecule has 0 saturated heterocycles. The van der Waals surface area contributed by atoms with Crippen molar-refractivity contribution in [1.29, 1.82) is 0 Å². The van der Waals surface area contributed by atoms with Gasteiger partial charge in [0.2, 0.25) is 0 Å². The van der Waals surface area contributed by atoms with Gasteiger partial charge in [0.05, 0.1) is 11.8 Å². The molecule has 1 fully saturated rings. The maximum Gasteiger partial charge on any atom is 0.152 e. The smallest absolute Gasteiger partial charge is 0.152 e. The first kappa shape index (κ1) is 11.5. The second kappa shape index (κ2) is 4.57. The molecule has 2 atom stereocenters. The van der Waals surface area contributed by atoms with E-state index in [-0.39, 0.29) is 0 Å². The normalized spacial score (nSPS) is 23.7. The van der Waals surface area contributed by atoms with E-state index in [1.807, 2.05) is 17.6 Å². The third-order valence-electron chi connectivity index (χ3n) is 3.57. The Bertz CT molecular complexity index is 551. The van der Waals surface area contributed by atoms with Gasteiger partial charge in [-0.15, -0.1) is 0 Å². The fourth-order valence-electron chi connectivity index (χ4n) is 2.63. The number of nitrogens with zero attached hydrogens (tertiary/aromatic N) is 3. The van der Waals surface area contributed by atoms with E-state index >= 15 is 0 Å². The number of hydrogen-bond acceptors (Lipinski definition) is 4. The Morgan fingerprint density at radius 3 is 3.11 bits per heavy atom. The largest absolute Gasteiger partial charge is 0.381 e. The molecule has 96 valence electrons. The van der Waals surface area contributed by atoms with Gasteiger partial charge in [0, 0.05) is 25.5 Å². The molecule has 0 bridgehead atoms. The summed E-state index contributed by atoms with van der Waals surface area (Å²) in [6.07, 6.45) is 7.34. The van der Waals surface area contributed by atoms with Gasteiger partial charge in [-0.25, -0.2) is 9.50 Å². The van der Waals surface area contributed by atoms with Crippen LogP contribution in [0.3, 0.4) is 0 Å². The monoisotopic (exact) mass is 246 g/mol. The molecule has 1 N–H and O–H groups in total. The Labute approximate surface area is 106 Å². The van der Waals surface area contributed by atoms with Crippen molar-refractivity contribution >= 4 is 11.3 Å². The minimum Gasteiger partial charge on any atom is -0.381 e. The molecule has 3 rings (SSSR count). The number of methoxy groups -OCH3 is 1. The van der Waals surface area contributed by atoms with E-state index in [4.69, 9.17) is 4.74 Å². The molecule has 2 heterocycles. The maximum atomic E-state index is 5.39. The summed E-state index contributed by atoms with van der Waals surface area (Å²) in [5.74, 6) is 0.917. The number of hydrogen-bond donors (Lipinski definition) is 1. The summed E-state index contributed by atoms with van der Waals surface area (Å²) >= 11 is 0. The van der Waals surface area contributed by atoms with Crippen molar-refractivity contribution in [1.82, 2.24) is 14.6 Å². The van der Waals surface area contributed by atoms with E-state index in [0.717, 1.165) is 36.3 Å². The number of aromatic nitrogens is 3. The fourth-order valence-corrected chi connectivity index (χ4v) is 2.63. The number of aryl methyl sites for hydroxylation is 1. The first-order valence-corrected chi connectivity index (χ1v) is 6.36. The van der Waals surface area contributed by atoms with Crippen LogP contribution >= 0.6 is 0 Å². The highest BCUT2D eigenvalue weighted by atomic mass is 16.5. The Kier molecular flexibility index (Phi) is 2.91. The van der Waals surface area contributed by atoms with Crippen LogP contribution in [-0.4, -0.2) is 33.9 Å². The van der Waals surface area contributed by atoms with Crippen LogP contribution < -0.4 is 5.32 Å². The average molecular weight is 246 g/mol. The van der Waals surface area contributed by atoms with Crippen LogP contribution in [0.1, 0.15) is 25.0 Å². The molecule has 2 aromatic heterocycles. The predicted octanol–water partition coefficient (Wildman–Crippen LogP) is 2.02. The number of rotatable bonds is 3. The minimum absolute atomic E-state index is 0.383. The van der Waals surface area contributed by atoms with E-state index in [2.05, 4.69) is 21.5 Å². The van der Waals surface area contributed by atoms with Crippen molar-refractivity contribution in [3.63, 3.8) is 0 Å². The van der Waals surface area contributed by atoms with Crippen molar-refractivity contribution in [2.75, 3.05) is 12.4 Å². The molecule has 0 aliphatic heterocycles. The van der Waals surface area contributed by atoms with Gasteiger partial charge in [-0.2, -0.15) is 5.10 Å².